The molecule has 1 N–H and O–H groups in total. The average molecular weight is 425 g/mol. The van der Waals surface area contributed by atoms with Gasteiger partial charge in [0.15, 0.2) is 0 Å². The second kappa shape index (κ2) is 12.9. The maximum absolute atomic E-state index is 12.6. The van der Waals surface area contributed by atoms with Crippen molar-refractivity contribution in [2.45, 2.75) is 66.3 Å². The van der Waals surface area contributed by atoms with Gasteiger partial charge in [0.1, 0.15) is 0 Å². The first-order chi connectivity index (χ1) is 14.0. The third-order valence-corrected chi connectivity index (χ3v) is 5.34. The summed E-state index contributed by atoms with van der Waals surface area (Å²) in [6, 6.07) is -0.167. The molecule has 0 aromatic heterocycles. The molecule has 2 aliphatic rings. The molecular weight excluding hydrogens is 380 g/mol. The van der Waals surface area contributed by atoms with Crippen molar-refractivity contribution in [1.29, 1.82) is 0 Å². The number of likely N-dealkylation sites (tertiary alicyclic amines) is 1. The Morgan fingerprint density at radius 1 is 1.07 bits per heavy atom. The van der Waals surface area contributed by atoms with Gasteiger partial charge < -0.3 is 20.0 Å². The zero-order valence-electron chi connectivity index (χ0n) is 20.2. The Morgan fingerprint density at radius 3 is 2.13 bits per heavy atom. The molecule has 2 saturated heterocycles. The van der Waals surface area contributed by atoms with Gasteiger partial charge >= 0.3 is 0 Å². The van der Waals surface area contributed by atoms with E-state index in [0.717, 1.165) is 31.7 Å². The van der Waals surface area contributed by atoms with Crippen molar-refractivity contribution < 1.29 is 14.4 Å². The lowest BCUT2D eigenvalue weighted by atomic mass is 9.93. The number of rotatable bonds is 6. The zero-order valence-corrected chi connectivity index (χ0v) is 20.2. The summed E-state index contributed by atoms with van der Waals surface area (Å²) in [5, 5.41) is 3.26. The Hall–Kier alpha value is -1.63. The van der Waals surface area contributed by atoms with Crippen molar-refractivity contribution in [2.24, 2.45) is 17.8 Å². The number of hydrogen-bond acceptors (Lipinski definition) is 4. The van der Waals surface area contributed by atoms with Crippen molar-refractivity contribution in [3.05, 3.63) is 0 Å². The van der Waals surface area contributed by atoms with Crippen molar-refractivity contribution in [3.8, 4) is 0 Å². The summed E-state index contributed by atoms with van der Waals surface area (Å²) in [4.78, 5) is 42.2. The average Bonchev–Trinajstić information content (AvgIpc) is 2.64. The van der Waals surface area contributed by atoms with Crippen LogP contribution in [0.5, 0.6) is 0 Å². The lowest BCUT2D eigenvalue weighted by Crippen LogP contribution is -2.57. The molecule has 0 saturated carbocycles. The van der Waals surface area contributed by atoms with Crippen LogP contribution in [0.2, 0.25) is 0 Å². The predicted octanol–water partition coefficient (Wildman–Crippen LogP) is 2.21. The van der Waals surface area contributed by atoms with Gasteiger partial charge in [-0.2, -0.15) is 0 Å². The van der Waals surface area contributed by atoms with Crippen LogP contribution in [-0.4, -0.2) is 85.3 Å². The SMILES string of the molecule is CC(C)C.CC(C)C[C@@H]1NCCN(CC(=O)N2CCC(CC(=O)N(C)C)CC2)C1=O. The molecule has 174 valence electrons. The fraction of sp³-hybridized carbons (Fsp3) is 0.870. The normalized spacial score (nSPS) is 20.3. The third kappa shape index (κ3) is 9.45. The highest BCUT2D eigenvalue weighted by Crippen LogP contribution is 2.21. The Balaban J connectivity index is 0.00000103. The first kappa shape index (κ1) is 26.4. The monoisotopic (exact) mass is 424 g/mol. The van der Waals surface area contributed by atoms with Crippen molar-refractivity contribution in [3.63, 3.8) is 0 Å². The molecular formula is C23H44N4O3. The highest BCUT2D eigenvalue weighted by molar-refractivity contribution is 5.88. The minimum atomic E-state index is -0.167. The highest BCUT2D eigenvalue weighted by Gasteiger charge is 2.32. The van der Waals surface area contributed by atoms with Crippen LogP contribution in [0.1, 0.15) is 60.3 Å². The Labute approximate surface area is 183 Å². The van der Waals surface area contributed by atoms with Crippen LogP contribution in [0.4, 0.5) is 0 Å². The molecule has 2 fully saturated rings. The molecule has 0 bridgehead atoms. The summed E-state index contributed by atoms with van der Waals surface area (Å²) in [6.45, 7) is 13.6. The van der Waals surface area contributed by atoms with Crippen LogP contribution >= 0.6 is 0 Å². The molecule has 0 aliphatic carbocycles. The summed E-state index contributed by atoms with van der Waals surface area (Å²) in [5.41, 5.74) is 0. The van der Waals surface area contributed by atoms with E-state index >= 15 is 0 Å². The summed E-state index contributed by atoms with van der Waals surface area (Å²) in [5.74, 6) is 1.85. The second-order valence-electron chi connectivity index (χ2n) is 9.94. The Bertz CT molecular complexity index is 552. The molecule has 0 radical (unpaired) electrons. The number of hydrogen-bond donors (Lipinski definition) is 1. The van der Waals surface area contributed by atoms with E-state index in [1.165, 1.54) is 0 Å². The maximum atomic E-state index is 12.6. The van der Waals surface area contributed by atoms with Gasteiger partial charge in [-0.25, -0.2) is 0 Å². The molecule has 7 heteroatoms. The summed E-state index contributed by atoms with van der Waals surface area (Å²) < 4.78 is 0. The molecule has 3 amide bonds. The smallest absolute Gasteiger partial charge is 0.242 e. The number of nitrogens with one attached hydrogen (secondary N) is 1. The van der Waals surface area contributed by atoms with E-state index in [-0.39, 0.29) is 30.3 Å². The molecule has 7 nitrogen and oxygen atoms in total. The van der Waals surface area contributed by atoms with Gasteiger partial charge in [0, 0.05) is 46.7 Å². The number of nitrogens with zero attached hydrogens (tertiary/aromatic N) is 3. The van der Waals surface area contributed by atoms with Gasteiger partial charge in [-0.05, 0) is 37.0 Å². The number of piperazine rings is 1. The van der Waals surface area contributed by atoms with Crippen molar-refractivity contribution >= 4 is 17.7 Å². The zero-order chi connectivity index (χ0) is 22.8. The van der Waals surface area contributed by atoms with Crippen LogP contribution in [-0.2, 0) is 14.4 Å². The topological polar surface area (TPSA) is 73.0 Å². The molecule has 0 aromatic rings. The van der Waals surface area contributed by atoms with Crippen LogP contribution in [0.25, 0.3) is 0 Å². The lowest BCUT2D eigenvalue weighted by molar-refractivity contribution is -0.144. The minimum absolute atomic E-state index is 0.0286. The molecule has 1 atom stereocenters. The van der Waals surface area contributed by atoms with Crippen LogP contribution < -0.4 is 5.32 Å². The third-order valence-electron chi connectivity index (χ3n) is 5.34. The van der Waals surface area contributed by atoms with Crippen LogP contribution in [0.3, 0.4) is 0 Å². The van der Waals surface area contributed by atoms with Gasteiger partial charge in [-0.1, -0.05) is 34.6 Å². The van der Waals surface area contributed by atoms with E-state index in [0.29, 0.717) is 37.9 Å². The standard InChI is InChI=1S/C19H34N4O3.C4H10/c1-14(2)11-16-19(26)23(10-7-20-16)13-18(25)22-8-5-15(6-9-22)12-17(24)21(3)4;1-4(2)3/h14-16,20H,5-13H2,1-4H3;4H,1-3H3/t16-;/m0./s1. The van der Waals surface area contributed by atoms with Crippen LogP contribution in [0.15, 0.2) is 0 Å². The van der Waals surface area contributed by atoms with E-state index in [1.807, 2.05) is 4.90 Å². The quantitative estimate of drug-likeness (QED) is 0.710. The molecule has 30 heavy (non-hydrogen) atoms. The predicted molar refractivity (Wildman–Crippen MR) is 121 cm³/mol. The van der Waals surface area contributed by atoms with Crippen molar-refractivity contribution in [2.75, 3.05) is 46.8 Å². The molecule has 2 heterocycles. The molecule has 0 spiro atoms. The largest absolute Gasteiger partial charge is 0.349 e. The van der Waals surface area contributed by atoms with Gasteiger partial charge in [0.25, 0.3) is 0 Å². The first-order valence-corrected chi connectivity index (χ1v) is 11.5. The van der Waals surface area contributed by atoms with E-state index in [9.17, 15) is 14.4 Å². The van der Waals surface area contributed by atoms with Gasteiger partial charge in [0.05, 0.1) is 12.6 Å². The lowest BCUT2D eigenvalue weighted by Gasteiger charge is -2.36. The fourth-order valence-electron chi connectivity index (χ4n) is 3.68. The van der Waals surface area contributed by atoms with E-state index < -0.39 is 0 Å². The van der Waals surface area contributed by atoms with Crippen molar-refractivity contribution in [1.82, 2.24) is 20.0 Å². The fourth-order valence-corrected chi connectivity index (χ4v) is 3.68. The number of carbonyl (C=O) groups is 3. The molecule has 0 unspecified atom stereocenters. The summed E-state index contributed by atoms with van der Waals surface area (Å²) in [6.07, 6.45) is 3.07. The Morgan fingerprint density at radius 2 is 1.63 bits per heavy atom. The number of carbonyl (C=O) groups excluding carboxylic acids is 3. The molecule has 2 aliphatic heterocycles. The van der Waals surface area contributed by atoms with E-state index in [4.69, 9.17) is 0 Å². The van der Waals surface area contributed by atoms with Gasteiger partial charge in [-0.15, -0.1) is 0 Å². The highest BCUT2D eigenvalue weighted by atomic mass is 16.2. The van der Waals surface area contributed by atoms with Gasteiger partial charge in [-0.3, -0.25) is 14.4 Å². The van der Waals surface area contributed by atoms with Gasteiger partial charge in [0.2, 0.25) is 17.7 Å². The minimum Gasteiger partial charge on any atom is -0.349 e. The number of piperidine rings is 1. The van der Waals surface area contributed by atoms with E-state index in [2.05, 4.69) is 39.9 Å². The first-order valence-electron chi connectivity index (χ1n) is 11.5. The maximum Gasteiger partial charge on any atom is 0.242 e. The number of amides is 3. The summed E-state index contributed by atoms with van der Waals surface area (Å²) >= 11 is 0. The van der Waals surface area contributed by atoms with E-state index in [1.54, 1.807) is 23.9 Å². The second-order valence-corrected chi connectivity index (χ2v) is 9.94. The molecule has 2 rings (SSSR count). The molecule has 0 aromatic carbocycles. The van der Waals surface area contributed by atoms with Crippen LogP contribution in [0, 0.1) is 17.8 Å². The Kier molecular flexibility index (Phi) is 11.4. The summed E-state index contributed by atoms with van der Waals surface area (Å²) in [7, 11) is 3.55.